The molecule has 1 aromatic carbocycles. The van der Waals surface area contributed by atoms with Gasteiger partial charge < -0.3 is 19.1 Å². The molecule has 2 heterocycles. The predicted octanol–water partition coefficient (Wildman–Crippen LogP) is 1.74. The molecule has 0 N–H and O–H groups in total. The van der Waals surface area contributed by atoms with E-state index in [1.165, 1.54) is 7.11 Å². The second-order valence-corrected chi connectivity index (χ2v) is 7.27. The van der Waals surface area contributed by atoms with Crippen molar-refractivity contribution < 1.29 is 28.6 Å². The van der Waals surface area contributed by atoms with Crippen molar-refractivity contribution in [3.8, 4) is 5.75 Å². The van der Waals surface area contributed by atoms with Crippen molar-refractivity contribution in [3.05, 3.63) is 28.2 Å². The van der Waals surface area contributed by atoms with E-state index < -0.39 is 29.7 Å². The predicted molar refractivity (Wildman–Crippen MR) is 94.6 cm³/mol. The third-order valence-electron chi connectivity index (χ3n) is 4.86. The Morgan fingerprint density at radius 1 is 1.31 bits per heavy atom. The molecule has 3 atom stereocenters. The van der Waals surface area contributed by atoms with Gasteiger partial charge in [0.05, 0.1) is 26.2 Å². The number of esters is 2. The van der Waals surface area contributed by atoms with Gasteiger partial charge in [0.2, 0.25) is 5.91 Å². The average Bonchev–Trinajstić information content (AvgIpc) is 2.66. The standard InChI is InChI=1S/C18H20BrNO6/c1-10(17(22)24-2)14-12-9-11(19)3-4-13(12)26-18(23)15(14)16(21)20-5-7-25-8-6-20/h3-4,9-10,14-15H,5-8H2,1-2H3/t10-,14+,15-/m1/s1. The number of carbonyl (C=O) groups is 3. The number of hydrogen-bond donors (Lipinski definition) is 0. The van der Waals surface area contributed by atoms with Crippen LogP contribution in [0.4, 0.5) is 0 Å². The number of methoxy groups -OCH3 is 1. The fourth-order valence-corrected chi connectivity index (χ4v) is 3.87. The molecule has 1 saturated heterocycles. The number of halogens is 1. The first-order valence-corrected chi connectivity index (χ1v) is 9.19. The van der Waals surface area contributed by atoms with Crippen molar-refractivity contribution in [2.24, 2.45) is 11.8 Å². The quantitative estimate of drug-likeness (QED) is 0.416. The summed E-state index contributed by atoms with van der Waals surface area (Å²) in [4.78, 5) is 39.6. The fraction of sp³-hybridized carbons (Fsp3) is 0.500. The van der Waals surface area contributed by atoms with E-state index in [0.717, 1.165) is 4.47 Å². The van der Waals surface area contributed by atoms with Crippen LogP contribution < -0.4 is 4.74 Å². The molecular weight excluding hydrogens is 406 g/mol. The van der Waals surface area contributed by atoms with Crippen molar-refractivity contribution >= 4 is 33.8 Å². The number of rotatable bonds is 3. The molecule has 1 amide bonds. The molecule has 2 aliphatic heterocycles. The Morgan fingerprint density at radius 2 is 2.00 bits per heavy atom. The molecule has 0 saturated carbocycles. The highest BCUT2D eigenvalue weighted by Gasteiger charge is 2.48. The molecule has 8 heteroatoms. The minimum absolute atomic E-state index is 0.343. The first-order chi connectivity index (χ1) is 12.4. The van der Waals surface area contributed by atoms with Gasteiger partial charge in [0, 0.05) is 29.0 Å². The van der Waals surface area contributed by atoms with Crippen LogP contribution in [0, 0.1) is 11.8 Å². The lowest BCUT2D eigenvalue weighted by molar-refractivity contribution is -0.157. The van der Waals surface area contributed by atoms with Crippen molar-refractivity contribution in [1.29, 1.82) is 0 Å². The van der Waals surface area contributed by atoms with Gasteiger partial charge in [0.1, 0.15) is 11.7 Å². The molecule has 0 unspecified atom stereocenters. The summed E-state index contributed by atoms with van der Waals surface area (Å²) >= 11 is 3.40. The van der Waals surface area contributed by atoms with Crippen LogP contribution in [0.2, 0.25) is 0 Å². The minimum atomic E-state index is -1.09. The summed E-state index contributed by atoms with van der Waals surface area (Å²) in [6, 6.07) is 5.19. The van der Waals surface area contributed by atoms with Gasteiger partial charge >= 0.3 is 11.9 Å². The highest BCUT2D eigenvalue weighted by Crippen LogP contribution is 2.44. The summed E-state index contributed by atoms with van der Waals surface area (Å²) in [5, 5.41) is 0. The molecule has 0 aromatic heterocycles. The zero-order chi connectivity index (χ0) is 18.8. The zero-order valence-electron chi connectivity index (χ0n) is 14.6. The minimum Gasteiger partial charge on any atom is -0.469 e. The maximum atomic E-state index is 13.1. The first-order valence-electron chi connectivity index (χ1n) is 8.39. The highest BCUT2D eigenvalue weighted by atomic mass is 79.9. The van der Waals surface area contributed by atoms with E-state index in [-0.39, 0.29) is 5.91 Å². The maximum Gasteiger partial charge on any atom is 0.324 e. The van der Waals surface area contributed by atoms with Crippen LogP contribution in [0.5, 0.6) is 5.75 Å². The molecule has 1 aromatic rings. The van der Waals surface area contributed by atoms with Gasteiger partial charge in [-0.1, -0.05) is 22.9 Å². The van der Waals surface area contributed by atoms with Crippen LogP contribution in [0.25, 0.3) is 0 Å². The molecule has 2 aliphatic rings. The van der Waals surface area contributed by atoms with Crippen LogP contribution in [0.3, 0.4) is 0 Å². The van der Waals surface area contributed by atoms with Gasteiger partial charge in [-0.3, -0.25) is 14.4 Å². The topological polar surface area (TPSA) is 82.1 Å². The van der Waals surface area contributed by atoms with Gasteiger partial charge in [-0.25, -0.2) is 0 Å². The van der Waals surface area contributed by atoms with Crippen molar-refractivity contribution in [2.45, 2.75) is 12.8 Å². The molecule has 3 rings (SSSR count). The second-order valence-electron chi connectivity index (χ2n) is 6.36. The lowest BCUT2D eigenvalue weighted by Crippen LogP contribution is -2.50. The molecule has 0 bridgehead atoms. The van der Waals surface area contributed by atoms with Crippen molar-refractivity contribution in [3.63, 3.8) is 0 Å². The maximum absolute atomic E-state index is 13.1. The van der Waals surface area contributed by atoms with Gasteiger partial charge in [-0.15, -0.1) is 0 Å². The number of ether oxygens (including phenoxy) is 3. The van der Waals surface area contributed by atoms with Crippen LogP contribution in [-0.4, -0.2) is 56.2 Å². The van der Waals surface area contributed by atoms with Crippen LogP contribution in [0.15, 0.2) is 22.7 Å². The van der Waals surface area contributed by atoms with E-state index in [2.05, 4.69) is 15.9 Å². The fourth-order valence-electron chi connectivity index (χ4n) is 3.50. The molecule has 0 radical (unpaired) electrons. The average molecular weight is 426 g/mol. The number of benzene rings is 1. The molecule has 7 nitrogen and oxygen atoms in total. The number of nitrogens with zero attached hydrogens (tertiary/aromatic N) is 1. The Morgan fingerprint density at radius 3 is 2.65 bits per heavy atom. The van der Waals surface area contributed by atoms with E-state index >= 15 is 0 Å². The SMILES string of the molecule is COC(=O)[C@H](C)[C@H]1c2cc(Br)ccc2OC(=O)[C@H]1C(=O)N1CCOCC1. The zero-order valence-corrected chi connectivity index (χ0v) is 16.2. The van der Waals surface area contributed by atoms with Crippen LogP contribution >= 0.6 is 15.9 Å². The molecule has 1 fully saturated rings. The summed E-state index contributed by atoms with van der Waals surface area (Å²) in [5.41, 5.74) is 0.642. The van der Waals surface area contributed by atoms with E-state index in [0.29, 0.717) is 37.6 Å². The van der Waals surface area contributed by atoms with E-state index in [9.17, 15) is 14.4 Å². The summed E-state index contributed by atoms with van der Waals surface area (Å²) in [7, 11) is 1.29. The van der Waals surface area contributed by atoms with Gasteiger partial charge in [-0.2, -0.15) is 0 Å². The Kier molecular flexibility index (Phi) is 5.62. The molecule has 26 heavy (non-hydrogen) atoms. The third kappa shape index (κ3) is 3.48. The number of hydrogen-bond acceptors (Lipinski definition) is 6. The molecule has 0 spiro atoms. The lowest BCUT2D eigenvalue weighted by atomic mass is 9.75. The van der Waals surface area contributed by atoms with Crippen LogP contribution in [-0.2, 0) is 23.9 Å². The van der Waals surface area contributed by atoms with E-state index in [1.54, 1.807) is 30.0 Å². The van der Waals surface area contributed by atoms with Gasteiger partial charge in [0.15, 0.2) is 0 Å². The Balaban J connectivity index is 2.03. The Labute approximate surface area is 159 Å². The third-order valence-corrected chi connectivity index (χ3v) is 5.35. The normalized spacial score (nSPS) is 23.7. The number of carbonyl (C=O) groups excluding carboxylic acids is 3. The summed E-state index contributed by atoms with van der Waals surface area (Å²) in [6.45, 7) is 3.33. The number of morpholine rings is 1. The summed E-state index contributed by atoms with van der Waals surface area (Å²) < 4.78 is 16.3. The summed E-state index contributed by atoms with van der Waals surface area (Å²) in [6.07, 6.45) is 0. The Bertz CT molecular complexity index is 730. The largest absolute Gasteiger partial charge is 0.469 e. The van der Waals surface area contributed by atoms with Crippen molar-refractivity contribution in [1.82, 2.24) is 4.90 Å². The highest BCUT2D eigenvalue weighted by molar-refractivity contribution is 9.10. The Hall–Kier alpha value is -1.93. The van der Waals surface area contributed by atoms with Gasteiger partial charge in [0.25, 0.3) is 0 Å². The molecule has 140 valence electrons. The van der Waals surface area contributed by atoms with E-state index in [1.807, 2.05) is 0 Å². The lowest BCUT2D eigenvalue weighted by Gasteiger charge is -2.37. The van der Waals surface area contributed by atoms with Crippen LogP contribution in [0.1, 0.15) is 18.4 Å². The van der Waals surface area contributed by atoms with Gasteiger partial charge in [-0.05, 0) is 18.2 Å². The molecular formula is C18H20BrNO6. The molecule has 0 aliphatic carbocycles. The number of fused-ring (bicyclic) bond motifs is 1. The summed E-state index contributed by atoms with van der Waals surface area (Å²) in [5.74, 6) is -3.53. The number of amides is 1. The van der Waals surface area contributed by atoms with Crippen molar-refractivity contribution in [2.75, 3.05) is 33.4 Å². The first kappa shape index (κ1) is 18.8. The second kappa shape index (κ2) is 7.75. The smallest absolute Gasteiger partial charge is 0.324 e. The van der Waals surface area contributed by atoms with E-state index in [4.69, 9.17) is 14.2 Å². The monoisotopic (exact) mass is 425 g/mol.